The van der Waals surface area contributed by atoms with Crippen molar-refractivity contribution in [2.45, 2.75) is 39.5 Å². The summed E-state index contributed by atoms with van der Waals surface area (Å²) in [5.74, 6) is 2.10. The van der Waals surface area contributed by atoms with E-state index in [-0.39, 0.29) is 24.0 Å². The van der Waals surface area contributed by atoms with Crippen molar-refractivity contribution in [3.8, 4) is 0 Å². The maximum absolute atomic E-state index is 4.38. The molecule has 4 heteroatoms. The van der Waals surface area contributed by atoms with Crippen molar-refractivity contribution in [3.63, 3.8) is 0 Å². The van der Waals surface area contributed by atoms with Gasteiger partial charge in [0.1, 0.15) is 0 Å². The fourth-order valence-electron chi connectivity index (χ4n) is 2.42. The Morgan fingerprint density at radius 3 is 2.59 bits per heavy atom. The molecule has 0 atom stereocenters. The summed E-state index contributed by atoms with van der Waals surface area (Å²) in [4.78, 5) is 6.78. The lowest BCUT2D eigenvalue weighted by atomic mass is 9.93. The molecule has 0 aromatic heterocycles. The highest BCUT2D eigenvalue weighted by molar-refractivity contribution is 14.0. The van der Waals surface area contributed by atoms with Crippen LogP contribution in [0.2, 0.25) is 0 Å². The maximum atomic E-state index is 4.38. The smallest absolute Gasteiger partial charge is 0.193 e. The van der Waals surface area contributed by atoms with Gasteiger partial charge in [0.15, 0.2) is 5.96 Å². The van der Waals surface area contributed by atoms with E-state index in [1.807, 2.05) is 7.05 Å². The lowest BCUT2D eigenvalue weighted by Crippen LogP contribution is -2.41. The zero-order valence-corrected chi connectivity index (χ0v) is 13.7. The highest BCUT2D eigenvalue weighted by Gasteiger charge is 2.31. The minimum atomic E-state index is 0. The van der Waals surface area contributed by atoms with Crippen molar-refractivity contribution >= 4 is 29.9 Å². The Morgan fingerprint density at radius 2 is 2.12 bits per heavy atom. The number of nitrogens with zero attached hydrogens (tertiary/aromatic N) is 2. The van der Waals surface area contributed by atoms with E-state index in [1.165, 1.54) is 25.7 Å². The van der Waals surface area contributed by atoms with Crippen LogP contribution in [0.15, 0.2) is 4.99 Å². The molecule has 1 N–H and O–H groups in total. The normalized spacial score (nSPS) is 23.5. The molecule has 17 heavy (non-hydrogen) atoms. The fraction of sp³-hybridized carbons (Fsp3) is 0.923. The molecular weight excluding hydrogens is 325 g/mol. The molecule has 1 aliphatic heterocycles. The molecule has 1 heterocycles. The molecular formula is C13H26IN3. The van der Waals surface area contributed by atoms with E-state index in [0.717, 1.165) is 31.5 Å². The summed E-state index contributed by atoms with van der Waals surface area (Å²) in [6, 6.07) is 0. The molecule has 0 amide bonds. The third kappa shape index (κ3) is 4.64. The molecule has 2 aliphatic rings. The molecule has 1 aliphatic carbocycles. The molecule has 0 bridgehead atoms. The molecule has 0 unspecified atom stereocenters. The van der Waals surface area contributed by atoms with Gasteiger partial charge in [0, 0.05) is 26.7 Å². The van der Waals surface area contributed by atoms with Crippen LogP contribution >= 0.6 is 24.0 Å². The van der Waals surface area contributed by atoms with E-state index < -0.39 is 0 Å². The van der Waals surface area contributed by atoms with Crippen LogP contribution in [-0.4, -0.2) is 37.5 Å². The number of aliphatic imine (C=N–C) groups is 1. The summed E-state index contributed by atoms with van der Waals surface area (Å²) in [5.41, 5.74) is 0.452. The Bertz CT molecular complexity index is 272. The van der Waals surface area contributed by atoms with Gasteiger partial charge >= 0.3 is 0 Å². The second-order valence-electron chi connectivity index (χ2n) is 6.04. The van der Waals surface area contributed by atoms with Crippen LogP contribution < -0.4 is 5.32 Å². The minimum absolute atomic E-state index is 0. The Balaban J connectivity index is 0.00000144. The van der Waals surface area contributed by atoms with Crippen LogP contribution in [0.3, 0.4) is 0 Å². The molecule has 0 spiro atoms. The largest absolute Gasteiger partial charge is 0.356 e. The van der Waals surface area contributed by atoms with Gasteiger partial charge in [0.05, 0.1) is 0 Å². The van der Waals surface area contributed by atoms with E-state index in [1.54, 1.807) is 0 Å². The van der Waals surface area contributed by atoms with Gasteiger partial charge in [0.25, 0.3) is 0 Å². The first kappa shape index (κ1) is 15.1. The molecule has 2 fully saturated rings. The number of nitrogens with one attached hydrogen (secondary N) is 1. The van der Waals surface area contributed by atoms with Crippen LogP contribution in [0.1, 0.15) is 39.5 Å². The van der Waals surface area contributed by atoms with Gasteiger partial charge in [-0.15, -0.1) is 24.0 Å². The van der Waals surface area contributed by atoms with Crippen molar-refractivity contribution in [3.05, 3.63) is 0 Å². The van der Waals surface area contributed by atoms with Crippen LogP contribution in [0.5, 0.6) is 0 Å². The molecule has 0 aromatic carbocycles. The summed E-state index contributed by atoms with van der Waals surface area (Å²) < 4.78 is 0. The van der Waals surface area contributed by atoms with E-state index in [9.17, 15) is 0 Å². The van der Waals surface area contributed by atoms with Gasteiger partial charge in [-0.3, -0.25) is 4.99 Å². The predicted molar refractivity (Wildman–Crippen MR) is 84.1 cm³/mol. The number of hydrogen-bond donors (Lipinski definition) is 1. The van der Waals surface area contributed by atoms with E-state index in [4.69, 9.17) is 0 Å². The van der Waals surface area contributed by atoms with E-state index in [2.05, 4.69) is 29.1 Å². The summed E-state index contributed by atoms with van der Waals surface area (Å²) in [7, 11) is 1.89. The van der Waals surface area contributed by atoms with Crippen LogP contribution in [0.25, 0.3) is 0 Å². The molecule has 0 radical (unpaired) electrons. The monoisotopic (exact) mass is 351 g/mol. The van der Waals surface area contributed by atoms with Crippen molar-refractivity contribution in [1.29, 1.82) is 0 Å². The average molecular weight is 351 g/mol. The fourth-order valence-corrected chi connectivity index (χ4v) is 2.42. The lowest BCUT2D eigenvalue weighted by Gasteiger charge is -2.23. The quantitative estimate of drug-likeness (QED) is 0.481. The first-order valence-corrected chi connectivity index (χ1v) is 6.56. The van der Waals surface area contributed by atoms with Gasteiger partial charge < -0.3 is 10.2 Å². The van der Waals surface area contributed by atoms with Crippen molar-refractivity contribution < 1.29 is 0 Å². The predicted octanol–water partition coefficient (Wildman–Crippen LogP) is 2.71. The van der Waals surface area contributed by atoms with E-state index >= 15 is 0 Å². The molecule has 1 saturated carbocycles. The first-order valence-electron chi connectivity index (χ1n) is 6.56. The Morgan fingerprint density at radius 1 is 1.41 bits per heavy atom. The third-order valence-corrected chi connectivity index (χ3v) is 3.72. The lowest BCUT2D eigenvalue weighted by molar-refractivity contribution is 0.370. The molecule has 1 saturated heterocycles. The van der Waals surface area contributed by atoms with Crippen LogP contribution in [0.4, 0.5) is 0 Å². The topological polar surface area (TPSA) is 27.6 Å². The van der Waals surface area contributed by atoms with Crippen molar-refractivity contribution in [2.75, 3.05) is 26.7 Å². The summed E-state index contributed by atoms with van der Waals surface area (Å²) in [5, 5.41) is 3.50. The van der Waals surface area contributed by atoms with Gasteiger partial charge in [-0.05, 0) is 24.2 Å². The number of hydrogen-bond acceptors (Lipinski definition) is 1. The van der Waals surface area contributed by atoms with Crippen molar-refractivity contribution in [2.24, 2.45) is 16.3 Å². The Kier molecular flexibility index (Phi) is 5.54. The second-order valence-corrected chi connectivity index (χ2v) is 6.04. The second kappa shape index (κ2) is 6.25. The summed E-state index contributed by atoms with van der Waals surface area (Å²) in [6.45, 7) is 8.05. The average Bonchev–Trinajstić information content (AvgIpc) is 2.98. The van der Waals surface area contributed by atoms with Gasteiger partial charge in [-0.2, -0.15) is 0 Å². The molecule has 2 rings (SSSR count). The maximum Gasteiger partial charge on any atom is 0.193 e. The first-order chi connectivity index (χ1) is 7.61. The van der Waals surface area contributed by atoms with Crippen LogP contribution in [0, 0.1) is 11.3 Å². The molecule has 0 aromatic rings. The number of halogens is 1. The Hall–Kier alpha value is 0. The Labute approximate surface area is 122 Å². The summed E-state index contributed by atoms with van der Waals surface area (Å²) in [6.07, 6.45) is 5.47. The number of likely N-dealkylation sites (tertiary alicyclic amines) is 1. The standard InChI is InChI=1S/C13H25N3.HI/c1-13(2)7-9-16(10-13)12(14-3)15-8-6-11-4-5-11;/h11H,4-10H2,1-3H3,(H,14,15);1H. The van der Waals surface area contributed by atoms with Crippen LogP contribution in [-0.2, 0) is 0 Å². The third-order valence-electron chi connectivity index (χ3n) is 3.72. The number of guanidine groups is 1. The minimum Gasteiger partial charge on any atom is -0.356 e. The summed E-state index contributed by atoms with van der Waals surface area (Å²) >= 11 is 0. The molecule has 100 valence electrons. The van der Waals surface area contributed by atoms with Gasteiger partial charge in [-0.25, -0.2) is 0 Å². The van der Waals surface area contributed by atoms with Crippen molar-refractivity contribution in [1.82, 2.24) is 10.2 Å². The van der Waals surface area contributed by atoms with Gasteiger partial charge in [0.2, 0.25) is 0 Å². The zero-order chi connectivity index (χ0) is 11.6. The molecule has 3 nitrogen and oxygen atoms in total. The van der Waals surface area contributed by atoms with Gasteiger partial charge in [-0.1, -0.05) is 26.7 Å². The highest BCUT2D eigenvalue weighted by atomic mass is 127. The highest BCUT2D eigenvalue weighted by Crippen LogP contribution is 2.32. The zero-order valence-electron chi connectivity index (χ0n) is 11.3. The SMILES string of the molecule is CN=C(NCCC1CC1)N1CCC(C)(C)C1.I. The number of rotatable bonds is 3. The van der Waals surface area contributed by atoms with E-state index in [0.29, 0.717) is 5.41 Å².